The van der Waals surface area contributed by atoms with Gasteiger partial charge in [0, 0.05) is 30.3 Å². The van der Waals surface area contributed by atoms with Crippen molar-refractivity contribution in [2.45, 2.75) is 43.3 Å². The topological polar surface area (TPSA) is 132 Å². The molecular formula is C17H22N6O3S2. The van der Waals surface area contributed by atoms with E-state index in [9.17, 15) is 14.4 Å². The van der Waals surface area contributed by atoms with Crippen LogP contribution in [-0.4, -0.2) is 44.9 Å². The fraction of sp³-hybridized carbons (Fsp3) is 0.471. The maximum atomic E-state index is 12.0. The maximum Gasteiger partial charge on any atom is 0.321 e. The summed E-state index contributed by atoms with van der Waals surface area (Å²) in [5.74, 6) is 0.394. The molecule has 0 aliphatic heterocycles. The normalized spacial score (nSPS) is 13.3. The molecule has 4 N–H and O–H groups in total. The smallest absolute Gasteiger partial charge is 0.321 e. The number of thioether (sulfide) groups is 1. The van der Waals surface area contributed by atoms with Crippen molar-refractivity contribution in [2.24, 2.45) is 5.73 Å². The van der Waals surface area contributed by atoms with Crippen molar-refractivity contribution in [1.29, 1.82) is 0 Å². The average Bonchev–Trinajstić information content (AvgIpc) is 3.20. The molecule has 0 aromatic carbocycles. The number of amides is 4. The molecule has 1 fully saturated rings. The van der Waals surface area contributed by atoms with Crippen LogP contribution in [0.5, 0.6) is 0 Å². The lowest BCUT2D eigenvalue weighted by Crippen LogP contribution is -2.41. The summed E-state index contributed by atoms with van der Waals surface area (Å²) in [4.78, 5) is 36.1. The number of carbonyl (C=O) groups is 3. The summed E-state index contributed by atoms with van der Waals surface area (Å²) >= 11 is 2.81. The fourth-order valence-corrected chi connectivity index (χ4v) is 4.05. The van der Waals surface area contributed by atoms with Crippen molar-refractivity contribution in [3.05, 3.63) is 28.2 Å². The van der Waals surface area contributed by atoms with E-state index in [-0.39, 0.29) is 12.2 Å². The lowest BCUT2D eigenvalue weighted by molar-refractivity contribution is -0.118. The lowest BCUT2D eigenvalue weighted by Gasteiger charge is -2.09. The van der Waals surface area contributed by atoms with Crippen molar-refractivity contribution < 1.29 is 14.4 Å². The number of primary amides is 1. The molecule has 9 nitrogen and oxygen atoms in total. The number of rotatable bonds is 10. The van der Waals surface area contributed by atoms with Gasteiger partial charge in [-0.3, -0.25) is 14.9 Å². The SMILES string of the molecule is NC(=O)CCn1c(SCC(=O)NC(=O)NCCc2cccs2)nnc1C1CC1. The number of nitrogens with two attached hydrogens (primary N) is 1. The Kier molecular flexibility index (Phi) is 7.04. The van der Waals surface area contributed by atoms with Gasteiger partial charge < -0.3 is 15.6 Å². The summed E-state index contributed by atoms with van der Waals surface area (Å²) in [6.45, 7) is 0.848. The summed E-state index contributed by atoms with van der Waals surface area (Å²) in [6.07, 6.45) is 3.00. The zero-order chi connectivity index (χ0) is 19.9. The predicted octanol–water partition coefficient (Wildman–Crippen LogP) is 1.25. The Morgan fingerprint density at radius 2 is 2.14 bits per heavy atom. The van der Waals surface area contributed by atoms with Gasteiger partial charge in [0.25, 0.3) is 0 Å². The van der Waals surface area contributed by atoms with Crippen LogP contribution in [0.15, 0.2) is 22.7 Å². The van der Waals surface area contributed by atoms with Gasteiger partial charge in [-0.05, 0) is 30.7 Å². The first-order valence-corrected chi connectivity index (χ1v) is 10.8. The number of urea groups is 1. The monoisotopic (exact) mass is 422 g/mol. The van der Waals surface area contributed by atoms with E-state index in [0.717, 1.165) is 25.1 Å². The first kappa shape index (κ1) is 20.3. The van der Waals surface area contributed by atoms with Crippen molar-refractivity contribution in [1.82, 2.24) is 25.4 Å². The highest BCUT2D eigenvalue weighted by molar-refractivity contribution is 7.99. The van der Waals surface area contributed by atoms with Crippen LogP contribution in [0.2, 0.25) is 0 Å². The molecule has 1 aliphatic carbocycles. The molecule has 1 saturated carbocycles. The largest absolute Gasteiger partial charge is 0.370 e. The fourth-order valence-electron chi connectivity index (χ4n) is 2.57. The van der Waals surface area contributed by atoms with Gasteiger partial charge in [0.15, 0.2) is 5.16 Å². The molecule has 4 amide bonds. The quantitative estimate of drug-likeness (QED) is 0.494. The lowest BCUT2D eigenvalue weighted by atomic mass is 10.3. The standard InChI is InChI=1S/C17H22N6O3S2/c18-13(24)6-8-23-15(11-3-4-11)21-22-17(23)28-10-14(25)20-16(26)19-7-5-12-2-1-9-27-12/h1-2,9,11H,3-8,10H2,(H2,18,24)(H2,19,20,25,26). The Morgan fingerprint density at radius 1 is 1.32 bits per heavy atom. The van der Waals surface area contributed by atoms with E-state index in [1.807, 2.05) is 22.1 Å². The van der Waals surface area contributed by atoms with E-state index < -0.39 is 17.8 Å². The van der Waals surface area contributed by atoms with E-state index in [4.69, 9.17) is 5.73 Å². The van der Waals surface area contributed by atoms with E-state index in [1.165, 1.54) is 16.6 Å². The average molecular weight is 423 g/mol. The van der Waals surface area contributed by atoms with Crippen molar-refractivity contribution in [2.75, 3.05) is 12.3 Å². The Labute approximate surface area is 170 Å². The molecule has 2 aromatic heterocycles. The van der Waals surface area contributed by atoms with Crippen molar-refractivity contribution in [3.8, 4) is 0 Å². The summed E-state index contributed by atoms with van der Waals surface area (Å²) in [5, 5.41) is 15.8. The van der Waals surface area contributed by atoms with E-state index in [1.54, 1.807) is 11.3 Å². The summed E-state index contributed by atoms with van der Waals surface area (Å²) in [7, 11) is 0. The minimum absolute atomic E-state index is 0.0255. The van der Waals surface area contributed by atoms with Gasteiger partial charge in [0.05, 0.1) is 5.75 Å². The third-order valence-corrected chi connectivity index (χ3v) is 6.00. The number of thiophene rings is 1. The molecule has 3 rings (SSSR count). The van der Waals surface area contributed by atoms with Gasteiger partial charge in [-0.25, -0.2) is 4.79 Å². The summed E-state index contributed by atoms with van der Waals surface area (Å²) in [5.41, 5.74) is 5.24. The van der Waals surface area contributed by atoms with Gasteiger partial charge in [-0.2, -0.15) is 0 Å². The van der Waals surface area contributed by atoms with E-state index in [2.05, 4.69) is 20.8 Å². The third kappa shape index (κ3) is 6.06. The molecule has 0 bridgehead atoms. The second-order valence-corrected chi connectivity index (χ2v) is 8.38. The first-order chi connectivity index (χ1) is 13.5. The van der Waals surface area contributed by atoms with Gasteiger partial charge in [-0.1, -0.05) is 17.8 Å². The zero-order valence-corrected chi connectivity index (χ0v) is 16.9. The van der Waals surface area contributed by atoms with Gasteiger partial charge in [-0.15, -0.1) is 21.5 Å². The Balaban J connectivity index is 1.44. The highest BCUT2D eigenvalue weighted by atomic mass is 32.2. The molecule has 28 heavy (non-hydrogen) atoms. The molecule has 2 heterocycles. The highest BCUT2D eigenvalue weighted by Gasteiger charge is 2.30. The predicted molar refractivity (Wildman–Crippen MR) is 106 cm³/mol. The van der Waals surface area contributed by atoms with Crippen LogP contribution in [0, 0.1) is 0 Å². The van der Waals surface area contributed by atoms with Crippen LogP contribution in [-0.2, 0) is 22.6 Å². The molecular weight excluding hydrogens is 400 g/mol. The number of carbonyl (C=O) groups excluding carboxylic acids is 3. The number of nitrogens with zero attached hydrogens (tertiary/aromatic N) is 3. The summed E-state index contributed by atoms with van der Waals surface area (Å²) < 4.78 is 1.85. The van der Waals surface area contributed by atoms with Crippen LogP contribution >= 0.6 is 23.1 Å². The number of nitrogens with one attached hydrogen (secondary N) is 2. The molecule has 0 atom stereocenters. The zero-order valence-electron chi connectivity index (χ0n) is 15.2. The molecule has 2 aromatic rings. The van der Waals surface area contributed by atoms with E-state index >= 15 is 0 Å². The van der Waals surface area contributed by atoms with Crippen molar-refractivity contribution in [3.63, 3.8) is 0 Å². The molecule has 0 unspecified atom stereocenters. The van der Waals surface area contributed by atoms with Gasteiger partial charge in [0.2, 0.25) is 11.8 Å². The second-order valence-electron chi connectivity index (χ2n) is 6.41. The first-order valence-electron chi connectivity index (χ1n) is 8.97. The number of hydrogen-bond donors (Lipinski definition) is 3. The van der Waals surface area contributed by atoms with Crippen molar-refractivity contribution >= 4 is 40.9 Å². The van der Waals surface area contributed by atoms with E-state index in [0.29, 0.717) is 24.2 Å². The second kappa shape index (κ2) is 9.69. The minimum Gasteiger partial charge on any atom is -0.370 e. The van der Waals surface area contributed by atoms with Gasteiger partial charge in [0.1, 0.15) is 5.82 Å². The molecule has 11 heteroatoms. The Hall–Kier alpha value is -2.40. The number of hydrogen-bond acceptors (Lipinski definition) is 7. The third-order valence-electron chi connectivity index (χ3n) is 4.09. The molecule has 1 aliphatic rings. The Morgan fingerprint density at radius 3 is 2.82 bits per heavy atom. The maximum absolute atomic E-state index is 12.0. The van der Waals surface area contributed by atoms with Crippen LogP contribution in [0.4, 0.5) is 4.79 Å². The molecule has 0 spiro atoms. The van der Waals surface area contributed by atoms with Gasteiger partial charge >= 0.3 is 6.03 Å². The highest BCUT2D eigenvalue weighted by Crippen LogP contribution is 2.40. The molecule has 0 radical (unpaired) electrons. The summed E-state index contributed by atoms with van der Waals surface area (Å²) in [6, 6.07) is 3.43. The van der Waals surface area contributed by atoms with Crippen LogP contribution in [0.1, 0.15) is 35.9 Å². The van der Waals surface area contributed by atoms with Crippen LogP contribution in [0.3, 0.4) is 0 Å². The Bertz CT molecular complexity index is 832. The minimum atomic E-state index is -0.518. The number of imide groups is 1. The number of aromatic nitrogens is 3. The molecule has 0 saturated heterocycles. The van der Waals surface area contributed by atoms with Crippen LogP contribution in [0.25, 0.3) is 0 Å². The van der Waals surface area contributed by atoms with Crippen LogP contribution < -0.4 is 16.4 Å². The molecule has 150 valence electrons.